The Morgan fingerprint density at radius 1 is 1.40 bits per heavy atom. The second kappa shape index (κ2) is 4.61. The number of amides is 1. The van der Waals surface area contributed by atoms with Gasteiger partial charge in [0.15, 0.2) is 0 Å². The molecule has 5 rings (SSSR count). The standard InChI is InChI=1S/C19H26ClN3O2/c1-17(2,3)23-15(20)12(8-21-23)16(24)22-14-7-18-9-19(18,25)6-10-4-11(14)13(18)5-10/h8,10-11,13-14,25H,4-7,9H2,1-3H3,(H,22,24)/t10?,11?,13?,14-,18?,19+/m0/s1. The van der Waals surface area contributed by atoms with Gasteiger partial charge in [0.25, 0.3) is 5.91 Å². The minimum Gasteiger partial charge on any atom is -0.389 e. The van der Waals surface area contributed by atoms with E-state index in [2.05, 4.69) is 10.4 Å². The molecule has 5 nitrogen and oxygen atoms in total. The van der Waals surface area contributed by atoms with E-state index in [0.29, 0.717) is 28.5 Å². The molecule has 0 radical (unpaired) electrons. The molecule has 1 aromatic heterocycles. The van der Waals surface area contributed by atoms with E-state index in [1.165, 1.54) is 6.42 Å². The first kappa shape index (κ1) is 16.1. The van der Waals surface area contributed by atoms with Gasteiger partial charge in [-0.05, 0) is 70.6 Å². The minimum atomic E-state index is -0.441. The molecule has 0 aromatic carbocycles. The number of fused-ring (bicyclic) bond motifs is 1. The van der Waals surface area contributed by atoms with Crippen molar-refractivity contribution in [2.24, 2.45) is 23.2 Å². The Bertz CT molecular complexity index is 769. The third kappa shape index (κ3) is 2.00. The smallest absolute Gasteiger partial charge is 0.256 e. The average molecular weight is 364 g/mol. The van der Waals surface area contributed by atoms with E-state index in [1.54, 1.807) is 10.9 Å². The highest BCUT2D eigenvalue weighted by Gasteiger charge is 2.79. The zero-order chi connectivity index (χ0) is 17.8. The van der Waals surface area contributed by atoms with Crippen molar-refractivity contribution in [1.29, 1.82) is 0 Å². The fourth-order valence-corrected chi connectivity index (χ4v) is 6.88. The van der Waals surface area contributed by atoms with Gasteiger partial charge in [0.2, 0.25) is 0 Å². The van der Waals surface area contributed by atoms with Crippen LogP contribution in [0.1, 0.15) is 63.2 Å². The number of carbonyl (C=O) groups is 1. The van der Waals surface area contributed by atoms with Crippen molar-refractivity contribution in [2.45, 2.75) is 70.1 Å². The number of hydrogen-bond acceptors (Lipinski definition) is 3. The van der Waals surface area contributed by atoms with Crippen molar-refractivity contribution in [3.8, 4) is 0 Å². The van der Waals surface area contributed by atoms with Crippen LogP contribution in [-0.4, -0.2) is 32.4 Å². The maximum atomic E-state index is 12.8. The third-order valence-electron chi connectivity index (χ3n) is 7.46. The topological polar surface area (TPSA) is 67.2 Å². The minimum absolute atomic E-state index is 0.0853. The van der Waals surface area contributed by atoms with Gasteiger partial charge in [-0.3, -0.25) is 4.79 Å². The molecule has 1 amide bonds. The van der Waals surface area contributed by atoms with Gasteiger partial charge >= 0.3 is 0 Å². The number of hydrogen-bond donors (Lipinski definition) is 2. The van der Waals surface area contributed by atoms with Crippen LogP contribution < -0.4 is 5.32 Å². The molecular formula is C19H26ClN3O2. The van der Waals surface area contributed by atoms with E-state index >= 15 is 0 Å². The Balaban J connectivity index is 1.37. The van der Waals surface area contributed by atoms with Crippen LogP contribution in [0.2, 0.25) is 5.15 Å². The molecule has 136 valence electrons. The summed E-state index contributed by atoms with van der Waals surface area (Å²) in [5.74, 6) is 1.62. The zero-order valence-electron chi connectivity index (χ0n) is 15.1. The van der Waals surface area contributed by atoms with Gasteiger partial charge < -0.3 is 10.4 Å². The van der Waals surface area contributed by atoms with Gasteiger partial charge in [-0.25, -0.2) is 4.68 Å². The zero-order valence-corrected chi connectivity index (χ0v) is 15.8. The molecule has 4 saturated carbocycles. The van der Waals surface area contributed by atoms with Gasteiger partial charge in [0.05, 0.1) is 22.9 Å². The third-order valence-corrected chi connectivity index (χ3v) is 7.83. The molecule has 1 spiro atoms. The first-order valence-electron chi connectivity index (χ1n) is 9.42. The fourth-order valence-electron chi connectivity index (χ4n) is 6.45. The highest BCUT2D eigenvalue weighted by atomic mass is 35.5. The second-order valence-corrected chi connectivity index (χ2v) is 10.3. The SMILES string of the molecule is CC(C)(C)n1ncc(C(=O)N[C@H]2CC34C[C@]3(O)CC3CC2C4C3)c1Cl. The number of rotatable bonds is 2. The fraction of sp³-hybridized carbons (Fsp3) is 0.789. The van der Waals surface area contributed by atoms with Crippen LogP contribution in [0.3, 0.4) is 0 Å². The predicted molar refractivity (Wildman–Crippen MR) is 94.4 cm³/mol. The summed E-state index contributed by atoms with van der Waals surface area (Å²) in [6.45, 7) is 6.03. The van der Waals surface area contributed by atoms with Crippen molar-refractivity contribution >= 4 is 17.5 Å². The normalized spacial score (nSPS) is 43.9. The predicted octanol–water partition coefficient (Wildman–Crippen LogP) is 2.96. The van der Waals surface area contributed by atoms with Crippen molar-refractivity contribution in [3.63, 3.8) is 0 Å². The monoisotopic (exact) mass is 363 g/mol. The molecule has 1 aromatic rings. The van der Waals surface area contributed by atoms with Crippen LogP contribution >= 0.6 is 11.6 Å². The Morgan fingerprint density at radius 3 is 2.84 bits per heavy atom. The lowest BCUT2D eigenvalue weighted by Gasteiger charge is -2.30. The van der Waals surface area contributed by atoms with Gasteiger partial charge in [0, 0.05) is 11.5 Å². The second-order valence-electron chi connectivity index (χ2n) is 9.89. The summed E-state index contributed by atoms with van der Waals surface area (Å²) in [7, 11) is 0. The lowest BCUT2D eigenvalue weighted by atomic mass is 9.78. The molecule has 1 heterocycles. The summed E-state index contributed by atoms with van der Waals surface area (Å²) in [5.41, 5.74) is -0.167. The molecule has 4 aliphatic carbocycles. The molecule has 6 heteroatoms. The number of aliphatic hydroxyl groups is 1. The Hall–Kier alpha value is -1.07. The van der Waals surface area contributed by atoms with Crippen LogP contribution in [0, 0.1) is 23.2 Å². The molecular weight excluding hydrogens is 338 g/mol. The summed E-state index contributed by atoms with van der Waals surface area (Å²) in [5, 5.41) is 18.8. The Morgan fingerprint density at radius 2 is 2.16 bits per heavy atom. The van der Waals surface area contributed by atoms with Crippen LogP contribution in [-0.2, 0) is 5.54 Å². The van der Waals surface area contributed by atoms with Crippen LogP contribution in [0.25, 0.3) is 0 Å². The lowest BCUT2D eigenvalue weighted by molar-refractivity contribution is 0.0334. The Labute approximate surface area is 153 Å². The number of nitrogens with zero attached hydrogens (tertiary/aromatic N) is 2. The van der Waals surface area contributed by atoms with E-state index < -0.39 is 5.60 Å². The van der Waals surface area contributed by atoms with E-state index in [0.717, 1.165) is 25.7 Å². The van der Waals surface area contributed by atoms with Crippen LogP contribution in [0.5, 0.6) is 0 Å². The van der Waals surface area contributed by atoms with E-state index in [4.69, 9.17) is 11.6 Å². The average Bonchev–Trinajstić information content (AvgIpc) is 2.84. The van der Waals surface area contributed by atoms with E-state index in [1.807, 2.05) is 20.8 Å². The highest BCUT2D eigenvalue weighted by molar-refractivity contribution is 6.32. The van der Waals surface area contributed by atoms with Crippen molar-refractivity contribution < 1.29 is 9.90 Å². The molecule has 25 heavy (non-hydrogen) atoms. The summed E-state index contributed by atoms with van der Waals surface area (Å²) in [6, 6.07) is 0.158. The molecule has 0 aliphatic heterocycles. The van der Waals surface area contributed by atoms with Gasteiger partial charge in [-0.1, -0.05) is 11.6 Å². The molecule has 4 unspecified atom stereocenters. The molecule has 0 saturated heterocycles. The highest BCUT2D eigenvalue weighted by Crippen LogP contribution is 2.78. The number of halogens is 1. The lowest BCUT2D eigenvalue weighted by Crippen LogP contribution is -2.38. The summed E-state index contributed by atoms with van der Waals surface area (Å²) in [6.07, 6.45) is 6.79. The molecule has 2 bridgehead atoms. The first-order chi connectivity index (χ1) is 11.6. The van der Waals surface area contributed by atoms with Crippen LogP contribution in [0.15, 0.2) is 6.20 Å². The maximum absolute atomic E-state index is 12.8. The first-order valence-corrected chi connectivity index (χ1v) is 9.80. The summed E-state index contributed by atoms with van der Waals surface area (Å²) in [4.78, 5) is 12.8. The van der Waals surface area contributed by atoms with Crippen molar-refractivity contribution in [3.05, 3.63) is 16.9 Å². The van der Waals surface area contributed by atoms with Crippen molar-refractivity contribution in [1.82, 2.24) is 15.1 Å². The number of nitrogens with one attached hydrogen (secondary N) is 1. The maximum Gasteiger partial charge on any atom is 0.256 e. The van der Waals surface area contributed by atoms with E-state index in [9.17, 15) is 9.90 Å². The quantitative estimate of drug-likeness (QED) is 0.848. The van der Waals surface area contributed by atoms with Gasteiger partial charge in [-0.15, -0.1) is 0 Å². The van der Waals surface area contributed by atoms with Gasteiger partial charge in [0.1, 0.15) is 5.15 Å². The van der Waals surface area contributed by atoms with Crippen molar-refractivity contribution in [2.75, 3.05) is 0 Å². The molecule has 4 fully saturated rings. The molecule has 2 N–H and O–H groups in total. The molecule has 4 aliphatic rings. The number of carbonyl (C=O) groups excluding carboxylic acids is 1. The summed E-state index contributed by atoms with van der Waals surface area (Å²) < 4.78 is 1.69. The van der Waals surface area contributed by atoms with E-state index in [-0.39, 0.29) is 22.9 Å². The van der Waals surface area contributed by atoms with Gasteiger partial charge in [-0.2, -0.15) is 5.10 Å². The largest absolute Gasteiger partial charge is 0.389 e. The molecule has 6 atom stereocenters. The number of aromatic nitrogens is 2. The summed E-state index contributed by atoms with van der Waals surface area (Å²) >= 11 is 6.42. The Kier molecular flexibility index (Phi) is 2.97. The van der Waals surface area contributed by atoms with Crippen LogP contribution in [0.4, 0.5) is 0 Å².